The molecule has 19 heavy (non-hydrogen) atoms. The molecular weight excluding hydrogens is 240 g/mol. The van der Waals surface area contributed by atoms with Crippen LogP contribution in [0.25, 0.3) is 0 Å². The van der Waals surface area contributed by atoms with Gasteiger partial charge in [-0.05, 0) is 18.9 Å². The number of benzene rings is 1. The Hall–Kier alpha value is -1.39. The van der Waals surface area contributed by atoms with E-state index in [2.05, 4.69) is 24.4 Å². The van der Waals surface area contributed by atoms with E-state index >= 15 is 0 Å². The van der Waals surface area contributed by atoms with Crippen molar-refractivity contribution in [2.24, 2.45) is 0 Å². The summed E-state index contributed by atoms with van der Waals surface area (Å²) < 4.78 is 0. The number of β-amino-alcohol motifs (C(OH)–C–C–N with tert-alkyl or cyclic N) is 1. The zero-order valence-corrected chi connectivity index (χ0v) is 11.6. The van der Waals surface area contributed by atoms with Crippen molar-refractivity contribution >= 4 is 5.91 Å². The SMILES string of the molecule is Cc1cccc(CCC(=O)N(C)[C@H]2CNC[C@@H]2O)c1. The van der Waals surface area contributed by atoms with E-state index in [9.17, 15) is 9.90 Å². The molecule has 1 fully saturated rings. The van der Waals surface area contributed by atoms with Gasteiger partial charge in [-0.1, -0.05) is 29.8 Å². The van der Waals surface area contributed by atoms with Gasteiger partial charge in [0.15, 0.2) is 0 Å². The Morgan fingerprint density at radius 1 is 1.47 bits per heavy atom. The number of nitrogens with one attached hydrogen (secondary N) is 1. The van der Waals surface area contributed by atoms with Gasteiger partial charge in [0, 0.05) is 26.6 Å². The van der Waals surface area contributed by atoms with Gasteiger partial charge in [-0.3, -0.25) is 4.79 Å². The van der Waals surface area contributed by atoms with Gasteiger partial charge in [0.25, 0.3) is 0 Å². The molecule has 0 radical (unpaired) electrons. The van der Waals surface area contributed by atoms with Crippen molar-refractivity contribution in [1.29, 1.82) is 0 Å². The number of carbonyl (C=O) groups is 1. The molecule has 2 atom stereocenters. The van der Waals surface area contributed by atoms with Crippen molar-refractivity contribution in [2.75, 3.05) is 20.1 Å². The summed E-state index contributed by atoms with van der Waals surface area (Å²) in [6, 6.07) is 8.14. The summed E-state index contributed by atoms with van der Waals surface area (Å²) >= 11 is 0. The number of nitrogens with zero attached hydrogens (tertiary/aromatic N) is 1. The highest BCUT2D eigenvalue weighted by molar-refractivity contribution is 5.76. The number of amides is 1. The zero-order valence-electron chi connectivity index (χ0n) is 11.6. The maximum atomic E-state index is 12.1. The van der Waals surface area contributed by atoms with E-state index < -0.39 is 6.10 Å². The fraction of sp³-hybridized carbons (Fsp3) is 0.533. The van der Waals surface area contributed by atoms with Gasteiger partial charge in [0.1, 0.15) is 0 Å². The predicted molar refractivity (Wildman–Crippen MR) is 74.9 cm³/mol. The third-order valence-electron chi connectivity index (χ3n) is 3.75. The molecule has 0 unspecified atom stereocenters. The van der Waals surface area contributed by atoms with Crippen LogP contribution in [0.1, 0.15) is 17.5 Å². The van der Waals surface area contributed by atoms with Crippen LogP contribution in [0.5, 0.6) is 0 Å². The molecule has 0 bridgehead atoms. The summed E-state index contributed by atoms with van der Waals surface area (Å²) in [5.41, 5.74) is 2.40. The Bertz CT molecular complexity index is 448. The van der Waals surface area contributed by atoms with E-state index in [0.717, 1.165) is 6.42 Å². The van der Waals surface area contributed by atoms with Crippen LogP contribution in [0, 0.1) is 6.92 Å². The lowest BCUT2D eigenvalue weighted by molar-refractivity contribution is -0.133. The molecule has 4 heteroatoms. The highest BCUT2D eigenvalue weighted by atomic mass is 16.3. The number of aryl methyl sites for hydroxylation is 2. The van der Waals surface area contributed by atoms with Gasteiger partial charge in [-0.15, -0.1) is 0 Å². The summed E-state index contributed by atoms with van der Waals surface area (Å²) in [5, 5.41) is 12.9. The van der Waals surface area contributed by atoms with Gasteiger partial charge >= 0.3 is 0 Å². The zero-order chi connectivity index (χ0) is 13.8. The molecule has 1 aliphatic rings. The number of rotatable bonds is 4. The number of aliphatic hydroxyl groups excluding tert-OH is 1. The minimum absolute atomic E-state index is 0.0919. The Kier molecular flexibility index (Phi) is 4.56. The fourth-order valence-corrected chi connectivity index (χ4v) is 2.53. The lowest BCUT2D eigenvalue weighted by Crippen LogP contribution is -2.44. The summed E-state index contributed by atoms with van der Waals surface area (Å²) in [6.45, 7) is 3.30. The van der Waals surface area contributed by atoms with Crippen LogP contribution in [0.3, 0.4) is 0 Å². The average molecular weight is 262 g/mol. The van der Waals surface area contributed by atoms with Crippen LogP contribution in [-0.2, 0) is 11.2 Å². The van der Waals surface area contributed by atoms with E-state index in [1.807, 2.05) is 12.1 Å². The maximum absolute atomic E-state index is 12.1. The predicted octanol–water partition coefficient (Wildman–Crippen LogP) is 0.719. The summed E-state index contributed by atoms with van der Waals surface area (Å²) in [5.74, 6) is 0.0919. The Balaban J connectivity index is 1.87. The summed E-state index contributed by atoms with van der Waals surface area (Å²) in [7, 11) is 1.78. The smallest absolute Gasteiger partial charge is 0.223 e. The monoisotopic (exact) mass is 262 g/mol. The average Bonchev–Trinajstić information content (AvgIpc) is 2.81. The molecule has 1 aromatic rings. The molecule has 0 spiro atoms. The fourth-order valence-electron chi connectivity index (χ4n) is 2.53. The van der Waals surface area contributed by atoms with Gasteiger partial charge < -0.3 is 15.3 Å². The van der Waals surface area contributed by atoms with Crippen LogP contribution >= 0.6 is 0 Å². The number of hydrogen-bond donors (Lipinski definition) is 2. The van der Waals surface area contributed by atoms with Gasteiger partial charge in [-0.25, -0.2) is 0 Å². The van der Waals surface area contributed by atoms with Crippen LogP contribution in [0.2, 0.25) is 0 Å². The molecule has 2 rings (SSSR count). The number of hydrogen-bond acceptors (Lipinski definition) is 3. The highest BCUT2D eigenvalue weighted by Gasteiger charge is 2.30. The van der Waals surface area contributed by atoms with Crippen LogP contribution in [0.4, 0.5) is 0 Å². The number of likely N-dealkylation sites (N-methyl/N-ethyl adjacent to an activating group) is 1. The second-order valence-corrected chi connectivity index (χ2v) is 5.29. The molecule has 1 saturated heterocycles. The van der Waals surface area contributed by atoms with Crippen LogP contribution in [0.15, 0.2) is 24.3 Å². The molecular formula is C15H22N2O2. The van der Waals surface area contributed by atoms with Crippen molar-refractivity contribution in [3.63, 3.8) is 0 Å². The quantitative estimate of drug-likeness (QED) is 0.840. The molecule has 0 saturated carbocycles. The van der Waals surface area contributed by atoms with Crippen molar-refractivity contribution in [1.82, 2.24) is 10.2 Å². The van der Waals surface area contributed by atoms with Crippen LogP contribution < -0.4 is 5.32 Å². The lowest BCUT2D eigenvalue weighted by atomic mass is 10.1. The molecule has 4 nitrogen and oxygen atoms in total. The van der Waals surface area contributed by atoms with Crippen LogP contribution in [-0.4, -0.2) is 48.2 Å². The molecule has 0 aromatic heterocycles. The van der Waals surface area contributed by atoms with E-state index in [1.54, 1.807) is 11.9 Å². The van der Waals surface area contributed by atoms with Crippen molar-refractivity contribution in [2.45, 2.75) is 31.9 Å². The summed E-state index contributed by atoms with van der Waals surface area (Å²) in [4.78, 5) is 13.8. The van der Waals surface area contributed by atoms with Crippen molar-refractivity contribution in [3.8, 4) is 0 Å². The normalized spacial score (nSPS) is 22.5. The Morgan fingerprint density at radius 2 is 2.26 bits per heavy atom. The van der Waals surface area contributed by atoms with Gasteiger partial charge in [0.05, 0.1) is 12.1 Å². The molecule has 104 valence electrons. The molecule has 1 amide bonds. The van der Waals surface area contributed by atoms with Gasteiger partial charge in [-0.2, -0.15) is 0 Å². The topological polar surface area (TPSA) is 52.6 Å². The minimum Gasteiger partial charge on any atom is -0.390 e. The number of aliphatic hydroxyl groups is 1. The standard InChI is InChI=1S/C15H22N2O2/c1-11-4-3-5-12(8-11)6-7-15(19)17(2)13-9-16-10-14(13)18/h3-5,8,13-14,16,18H,6-7,9-10H2,1-2H3/t13-,14-/m0/s1. The Labute approximate surface area is 114 Å². The number of carbonyl (C=O) groups excluding carboxylic acids is 1. The van der Waals surface area contributed by atoms with Crippen molar-refractivity contribution < 1.29 is 9.90 Å². The van der Waals surface area contributed by atoms with E-state index in [-0.39, 0.29) is 11.9 Å². The first kappa shape index (κ1) is 14.0. The Morgan fingerprint density at radius 3 is 2.89 bits per heavy atom. The molecule has 1 aromatic carbocycles. The molecule has 1 aliphatic heterocycles. The second kappa shape index (κ2) is 6.17. The minimum atomic E-state index is -0.451. The summed E-state index contributed by atoms with van der Waals surface area (Å²) in [6.07, 6.45) is 0.789. The third kappa shape index (κ3) is 3.55. The lowest BCUT2D eigenvalue weighted by Gasteiger charge is -2.26. The first-order valence-electron chi connectivity index (χ1n) is 6.78. The van der Waals surface area contributed by atoms with E-state index in [0.29, 0.717) is 19.5 Å². The van der Waals surface area contributed by atoms with Gasteiger partial charge in [0.2, 0.25) is 5.91 Å². The second-order valence-electron chi connectivity index (χ2n) is 5.29. The van der Waals surface area contributed by atoms with Crippen molar-refractivity contribution in [3.05, 3.63) is 35.4 Å². The van der Waals surface area contributed by atoms with E-state index in [4.69, 9.17) is 0 Å². The largest absolute Gasteiger partial charge is 0.390 e. The molecule has 0 aliphatic carbocycles. The first-order chi connectivity index (χ1) is 9.08. The molecule has 2 N–H and O–H groups in total. The highest BCUT2D eigenvalue weighted by Crippen LogP contribution is 2.11. The first-order valence-corrected chi connectivity index (χ1v) is 6.78. The third-order valence-corrected chi connectivity index (χ3v) is 3.75. The maximum Gasteiger partial charge on any atom is 0.223 e. The molecule has 1 heterocycles. The van der Waals surface area contributed by atoms with E-state index in [1.165, 1.54) is 11.1 Å².